The van der Waals surface area contributed by atoms with Crippen molar-refractivity contribution in [2.45, 2.75) is 19.9 Å². The third-order valence-corrected chi connectivity index (χ3v) is 3.58. The number of hydrogen-bond acceptors (Lipinski definition) is 2. The highest BCUT2D eigenvalue weighted by atomic mass is 32.1. The maximum absolute atomic E-state index is 12.2. The van der Waals surface area contributed by atoms with Crippen molar-refractivity contribution in [3.05, 3.63) is 70.8 Å². The van der Waals surface area contributed by atoms with Crippen LogP contribution in [0.2, 0.25) is 0 Å². The highest BCUT2D eigenvalue weighted by molar-refractivity contribution is 7.80. The average molecular weight is 298 g/mol. The number of benzene rings is 2. The van der Waals surface area contributed by atoms with Crippen LogP contribution in [0.15, 0.2) is 48.5 Å². The Morgan fingerprint density at radius 3 is 2.43 bits per heavy atom. The summed E-state index contributed by atoms with van der Waals surface area (Å²) in [4.78, 5) is 12.5. The minimum absolute atomic E-state index is 0.126. The molecule has 0 radical (unpaired) electrons. The molecule has 0 atom stereocenters. The van der Waals surface area contributed by atoms with Crippen LogP contribution < -0.4 is 11.1 Å². The van der Waals surface area contributed by atoms with Crippen molar-refractivity contribution in [2.24, 2.45) is 5.73 Å². The monoisotopic (exact) mass is 298 g/mol. The number of aryl methyl sites for hydroxylation is 1. The van der Waals surface area contributed by atoms with E-state index in [1.807, 2.05) is 18.2 Å². The third-order valence-electron chi connectivity index (χ3n) is 3.35. The first kappa shape index (κ1) is 15.2. The van der Waals surface area contributed by atoms with Crippen LogP contribution in [0.1, 0.15) is 34.0 Å². The van der Waals surface area contributed by atoms with Crippen LogP contribution >= 0.6 is 12.2 Å². The first-order chi connectivity index (χ1) is 10.1. The number of thiocarbonyl (C=S) groups is 1. The van der Waals surface area contributed by atoms with Crippen molar-refractivity contribution >= 4 is 23.1 Å². The Balaban J connectivity index is 2.08. The molecule has 3 N–H and O–H groups in total. The van der Waals surface area contributed by atoms with Gasteiger partial charge in [0.2, 0.25) is 0 Å². The molecular formula is C17H18N2OS. The molecule has 3 nitrogen and oxygen atoms in total. The molecule has 0 aliphatic carbocycles. The SMILES string of the molecule is CCc1ccccc1CNC(=O)c1cccc(C(N)=S)c1. The Morgan fingerprint density at radius 2 is 1.76 bits per heavy atom. The van der Waals surface area contributed by atoms with Gasteiger partial charge in [-0.2, -0.15) is 0 Å². The van der Waals surface area contributed by atoms with Crippen molar-refractivity contribution in [3.63, 3.8) is 0 Å². The maximum atomic E-state index is 12.2. The number of hydrogen-bond donors (Lipinski definition) is 2. The second-order valence-electron chi connectivity index (χ2n) is 4.75. The van der Waals surface area contributed by atoms with Gasteiger partial charge in [0, 0.05) is 17.7 Å². The van der Waals surface area contributed by atoms with Gasteiger partial charge in [0.15, 0.2) is 0 Å². The van der Waals surface area contributed by atoms with Crippen LogP contribution in [-0.2, 0) is 13.0 Å². The largest absolute Gasteiger partial charge is 0.389 e. The van der Waals surface area contributed by atoms with Gasteiger partial charge in [-0.15, -0.1) is 0 Å². The zero-order chi connectivity index (χ0) is 15.2. The Labute approximate surface area is 130 Å². The summed E-state index contributed by atoms with van der Waals surface area (Å²) in [5.74, 6) is -0.126. The maximum Gasteiger partial charge on any atom is 0.251 e. The van der Waals surface area contributed by atoms with Crippen molar-refractivity contribution in [2.75, 3.05) is 0 Å². The molecule has 0 saturated carbocycles. The fraction of sp³-hybridized carbons (Fsp3) is 0.176. The number of nitrogens with two attached hydrogens (primary N) is 1. The van der Waals surface area contributed by atoms with Crippen LogP contribution in [0.4, 0.5) is 0 Å². The second kappa shape index (κ2) is 6.99. The predicted molar refractivity (Wildman–Crippen MR) is 89.3 cm³/mol. The first-order valence-corrected chi connectivity index (χ1v) is 7.27. The zero-order valence-electron chi connectivity index (χ0n) is 11.9. The van der Waals surface area contributed by atoms with E-state index in [0.717, 1.165) is 12.0 Å². The van der Waals surface area contributed by atoms with Crippen molar-refractivity contribution in [1.82, 2.24) is 5.32 Å². The van der Waals surface area contributed by atoms with E-state index in [9.17, 15) is 4.79 Å². The Kier molecular flexibility index (Phi) is 5.06. The quantitative estimate of drug-likeness (QED) is 0.835. The standard InChI is InChI=1S/C17H18N2OS/c1-2-12-6-3-4-7-15(12)11-19-17(20)14-9-5-8-13(10-14)16(18)21/h3-10H,2,11H2,1H3,(H2,18,21)(H,19,20). The number of rotatable bonds is 5. The van der Waals surface area contributed by atoms with Gasteiger partial charge < -0.3 is 11.1 Å². The molecule has 2 aromatic rings. The normalized spacial score (nSPS) is 10.1. The molecule has 0 aliphatic rings. The topological polar surface area (TPSA) is 55.1 Å². The predicted octanol–water partition coefficient (Wildman–Crippen LogP) is 2.81. The van der Waals surface area contributed by atoms with Gasteiger partial charge in [0.1, 0.15) is 4.99 Å². The van der Waals surface area contributed by atoms with E-state index < -0.39 is 0 Å². The minimum Gasteiger partial charge on any atom is -0.389 e. The van der Waals surface area contributed by atoms with Gasteiger partial charge in [-0.3, -0.25) is 4.79 Å². The molecule has 1 amide bonds. The van der Waals surface area contributed by atoms with Gasteiger partial charge in [0.05, 0.1) is 0 Å². The highest BCUT2D eigenvalue weighted by Crippen LogP contribution is 2.10. The molecular weight excluding hydrogens is 280 g/mol. The van der Waals surface area contributed by atoms with Crippen LogP contribution in [0.5, 0.6) is 0 Å². The number of carbonyl (C=O) groups excluding carboxylic acids is 1. The van der Waals surface area contributed by atoms with Crippen LogP contribution in [0.3, 0.4) is 0 Å². The lowest BCUT2D eigenvalue weighted by Gasteiger charge is -2.10. The zero-order valence-corrected chi connectivity index (χ0v) is 12.7. The van der Waals surface area contributed by atoms with E-state index in [4.69, 9.17) is 18.0 Å². The van der Waals surface area contributed by atoms with Gasteiger partial charge in [-0.05, 0) is 29.7 Å². The molecule has 0 aromatic heterocycles. The molecule has 4 heteroatoms. The van der Waals surface area contributed by atoms with Crippen LogP contribution in [0.25, 0.3) is 0 Å². The summed E-state index contributed by atoms with van der Waals surface area (Å²) in [5.41, 5.74) is 9.23. The van der Waals surface area contributed by atoms with Crippen molar-refractivity contribution in [3.8, 4) is 0 Å². The summed E-state index contributed by atoms with van der Waals surface area (Å²) in [7, 11) is 0. The van der Waals surface area contributed by atoms with Gasteiger partial charge >= 0.3 is 0 Å². The lowest BCUT2D eigenvalue weighted by molar-refractivity contribution is 0.0951. The lowest BCUT2D eigenvalue weighted by atomic mass is 10.1. The summed E-state index contributed by atoms with van der Waals surface area (Å²) in [5, 5.41) is 2.93. The molecule has 0 heterocycles. The molecule has 108 valence electrons. The van der Waals surface area contributed by atoms with Crippen molar-refractivity contribution in [1.29, 1.82) is 0 Å². The summed E-state index contributed by atoms with van der Waals surface area (Å²) in [6.45, 7) is 2.62. The molecule has 0 bridgehead atoms. The smallest absolute Gasteiger partial charge is 0.251 e. The molecule has 0 fully saturated rings. The molecule has 2 rings (SSSR count). The molecule has 21 heavy (non-hydrogen) atoms. The first-order valence-electron chi connectivity index (χ1n) is 6.86. The summed E-state index contributed by atoms with van der Waals surface area (Å²) >= 11 is 4.93. The summed E-state index contributed by atoms with van der Waals surface area (Å²) < 4.78 is 0. The Hall–Kier alpha value is -2.20. The van der Waals surface area contributed by atoms with E-state index in [0.29, 0.717) is 22.7 Å². The number of carbonyl (C=O) groups is 1. The van der Waals surface area contributed by atoms with E-state index in [-0.39, 0.29) is 5.91 Å². The van der Waals surface area contributed by atoms with Gasteiger partial charge in [-0.25, -0.2) is 0 Å². The third kappa shape index (κ3) is 3.89. The molecule has 0 saturated heterocycles. The van der Waals surface area contributed by atoms with E-state index >= 15 is 0 Å². The van der Waals surface area contributed by atoms with Gasteiger partial charge in [-0.1, -0.05) is 55.5 Å². The highest BCUT2D eigenvalue weighted by Gasteiger charge is 2.08. The fourth-order valence-corrected chi connectivity index (χ4v) is 2.29. The van der Waals surface area contributed by atoms with Crippen LogP contribution in [0, 0.1) is 0 Å². The molecule has 2 aromatic carbocycles. The minimum atomic E-state index is -0.126. The van der Waals surface area contributed by atoms with Crippen LogP contribution in [-0.4, -0.2) is 10.9 Å². The van der Waals surface area contributed by atoms with E-state index in [1.165, 1.54) is 5.56 Å². The second-order valence-corrected chi connectivity index (χ2v) is 5.19. The van der Waals surface area contributed by atoms with E-state index in [2.05, 4.69) is 18.3 Å². The van der Waals surface area contributed by atoms with Gasteiger partial charge in [0.25, 0.3) is 5.91 Å². The lowest BCUT2D eigenvalue weighted by Crippen LogP contribution is -2.24. The average Bonchev–Trinajstić information content (AvgIpc) is 2.52. The fourth-order valence-electron chi connectivity index (χ4n) is 2.17. The summed E-state index contributed by atoms with van der Waals surface area (Å²) in [6.07, 6.45) is 0.947. The number of amides is 1. The number of nitrogens with one attached hydrogen (secondary N) is 1. The Morgan fingerprint density at radius 1 is 1.10 bits per heavy atom. The van der Waals surface area contributed by atoms with Crippen molar-refractivity contribution < 1.29 is 4.79 Å². The summed E-state index contributed by atoms with van der Waals surface area (Å²) in [6, 6.07) is 15.1. The molecule has 0 aliphatic heterocycles. The Bertz CT molecular complexity index is 667. The van der Waals surface area contributed by atoms with E-state index in [1.54, 1.807) is 24.3 Å². The molecule has 0 spiro atoms. The molecule has 0 unspecified atom stereocenters.